The Balaban J connectivity index is 1.66. The Morgan fingerprint density at radius 1 is 1.00 bits per heavy atom. The van der Waals surface area contributed by atoms with Crippen LogP contribution in [0.15, 0.2) is 72.9 Å². The quantitative estimate of drug-likeness (QED) is 0.342. The Bertz CT molecular complexity index is 1040. The monoisotopic (exact) mass is 474 g/mol. The first kappa shape index (κ1) is 25.5. The molecule has 3 aromatic rings. The Morgan fingerprint density at radius 3 is 2.50 bits per heavy atom. The van der Waals surface area contributed by atoms with Crippen molar-refractivity contribution >= 4 is 5.91 Å². The summed E-state index contributed by atoms with van der Waals surface area (Å²) in [5, 5.41) is 0. The van der Waals surface area contributed by atoms with Crippen molar-refractivity contribution in [2.75, 3.05) is 26.9 Å². The zero-order valence-electron chi connectivity index (χ0n) is 19.1. The molecule has 0 unspecified atom stereocenters. The molecule has 2 aromatic carbocycles. The first-order valence-corrected chi connectivity index (χ1v) is 11.1. The van der Waals surface area contributed by atoms with Gasteiger partial charge in [-0.3, -0.25) is 4.79 Å². The van der Waals surface area contributed by atoms with Crippen LogP contribution in [0.4, 0.5) is 13.2 Å². The molecule has 0 aliphatic carbocycles. The summed E-state index contributed by atoms with van der Waals surface area (Å²) in [6, 6.07) is 18.6. The van der Waals surface area contributed by atoms with Gasteiger partial charge in [0.1, 0.15) is 6.61 Å². The fraction of sp³-hybridized carbons (Fsp3) is 0.346. The summed E-state index contributed by atoms with van der Waals surface area (Å²) in [5.74, 6) is -0.154. The van der Waals surface area contributed by atoms with Crippen molar-refractivity contribution < 1.29 is 27.4 Å². The number of rotatable bonds is 12. The molecule has 0 saturated heterocycles. The predicted molar refractivity (Wildman–Crippen MR) is 123 cm³/mol. The van der Waals surface area contributed by atoms with Gasteiger partial charge in [-0.25, -0.2) is 0 Å². The fourth-order valence-corrected chi connectivity index (χ4v) is 3.60. The molecular weight excluding hydrogens is 445 g/mol. The second-order valence-corrected chi connectivity index (χ2v) is 7.97. The van der Waals surface area contributed by atoms with Gasteiger partial charge in [-0.2, -0.15) is 13.2 Å². The van der Waals surface area contributed by atoms with Crippen LogP contribution < -0.4 is 0 Å². The van der Waals surface area contributed by atoms with Crippen LogP contribution in [0.2, 0.25) is 0 Å². The van der Waals surface area contributed by atoms with Crippen molar-refractivity contribution in [3.05, 3.63) is 95.3 Å². The largest absolute Gasteiger partial charge is 0.416 e. The number of hydrogen-bond acceptors (Lipinski definition) is 3. The fourth-order valence-electron chi connectivity index (χ4n) is 3.60. The number of hydrogen-bond donors (Lipinski definition) is 0. The molecule has 1 aromatic heterocycles. The van der Waals surface area contributed by atoms with Gasteiger partial charge >= 0.3 is 6.18 Å². The Labute approximate surface area is 197 Å². The molecule has 0 aliphatic heterocycles. The lowest BCUT2D eigenvalue weighted by Gasteiger charge is -2.24. The molecule has 0 fully saturated rings. The van der Waals surface area contributed by atoms with E-state index in [0.29, 0.717) is 38.3 Å². The minimum absolute atomic E-state index is 0.0593. The van der Waals surface area contributed by atoms with Crippen molar-refractivity contribution in [2.45, 2.75) is 32.3 Å². The Kier molecular flexibility index (Phi) is 9.30. The molecule has 182 valence electrons. The van der Waals surface area contributed by atoms with Crippen molar-refractivity contribution in [1.82, 2.24) is 9.47 Å². The van der Waals surface area contributed by atoms with E-state index >= 15 is 0 Å². The van der Waals surface area contributed by atoms with Crippen LogP contribution in [0.25, 0.3) is 0 Å². The maximum atomic E-state index is 13.1. The number of aromatic nitrogens is 1. The molecule has 0 N–H and O–H groups in total. The van der Waals surface area contributed by atoms with E-state index in [1.165, 1.54) is 6.07 Å². The number of carbonyl (C=O) groups is 1. The van der Waals surface area contributed by atoms with Crippen LogP contribution in [-0.4, -0.2) is 42.2 Å². The summed E-state index contributed by atoms with van der Waals surface area (Å²) in [6.07, 6.45) is -1.92. The minimum Gasteiger partial charge on any atom is -0.385 e. The number of carbonyl (C=O) groups excluding carboxylic acids is 1. The smallest absolute Gasteiger partial charge is 0.385 e. The first-order chi connectivity index (χ1) is 16.4. The van der Waals surface area contributed by atoms with Crippen LogP contribution in [0.5, 0.6) is 0 Å². The highest BCUT2D eigenvalue weighted by atomic mass is 19.4. The maximum Gasteiger partial charge on any atom is 0.416 e. The van der Waals surface area contributed by atoms with Crippen LogP contribution in [0, 0.1) is 0 Å². The third-order valence-electron chi connectivity index (χ3n) is 5.35. The molecule has 0 bridgehead atoms. The first-order valence-electron chi connectivity index (χ1n) is 11.1. The standard InChI is InChI=1S/C26H29F3N2O3/c1-33-15-7-14-31(25(32)20-34-19-21-8-3-2-4-9-21)18-24-12-6-13-30(24)17-22-10-5-11-23(16-22)26(27,28)29/h2-6,8-13,16H,7,14-15,17-20H2,1H3. The molecule has 0 aliphatic rings. The molecule has 5 nitrogen and oxygen atoms in total. The van der Waals surface area contributed by atoms with E-state index in [0.717, 1.165) is 23.4 Å². The maximum absolute atomic E-state index is 13.1. The number of nitrogens with zero attached hydrogens (tertiary/aromatic N) is 2. The number of amides is 1. The van der Waals surface area contributed by atoms with Crippen LogP contribution in [0.3, 0.4) is 0 Å². The van der Waals surface area contributed by atoms with E-state index in [1.54, 1.807) is 24.3 Å². The molecule has 8 heteroatoms. The van der Waals surface area contributed by atoms with Gasteiger partial charge in [-0.15, -0.1) is 0 Å². The topological polar surface area (TPSA) is 43.7 Å². The van der Waals surface area contributed by atoms with E-state index in [4.69, 9.17) is 9.47 Å². The highest BCUT2D eigenvalue weighted by molar-refractivity contribution is 5.77. The molecule has 1 heterocycles. The van der Waals surface area contributed by atoms with Crippen molar-refractivity contribution in [3.63, 3.8) is 0 Å². The second kappa shape index (κ2) is 12.4. The van der Waals surface area contributed by atoms with Gasteiger partial charge < -0.3 is 18.9 Å². The van der Waals surface area contributed by atoms with E-state index in [1.807, 2.05) is 47.0 Å². The van der Waals surface area contributed by atoms with Crippen molar-refractivity contribution in [2.24, 2.45) is 0 Å². The molecular formula is C26H29F3N2O3. The van der Waals surface area contributed by atoms with E-state index < -0.39 is 11.7 Å². The van der Waals surface area contributed by atoms with Gasteiger partial charge in [0.05, 0.1) is 18.7 Å². The van der Waals surface area contributed by atoms with Gasteiger partial charge in [-0.1, -0.05) is 42.5 Å². The summed E-state index contributed by atoms with van der Waals surface area (Å²) in [6.45, 7) is 1.87. The number of ether oxygens (including phenoxy) is 2. The molecule has 1 amide bonds. The summed E-state index contributed by atoms with van der Waals surface area (Å²) in [5.41, 5.74) is 1.67. The van der Waals surface area contributed by atoms with Gasteiger partial charge in [0.25, 0.3) is 0 Å². The number of methoxy groups -OCH3 is 1. The molecule has 0 atom stereocenters. The average molecular weight is 475 g/mol. The highest BCUT2D eigenvalue weighted by Crippen LogP contribution is 2.29. The third kappa shape index (κ3) is 7.74. The van der Waals surface area contributed by atoms with E-state index in [-0.39, 0.29) is 19.1 Å². The summed E-state index contributed by atoms with van der Waals surface area (Å²) < 4.78 is 51.8. The van der Waals surface area contributed by atoms with Crippen LogP contribution >= 0.6 is 0 Å². The summed E-state index contributed by atoms with van der Waals surface area (Å²) >= 11 is 0. The molecule has 0 spiro atoms. The van der Waals surface area contributed by atoms with Gasteiger partial charge in [0.15, 0.2) is 0 Å². The van der Waals surface area contributed by atoms with E-state index in [9.17, 15) is 18.0 Å². The molecule has 34 heavy (non-hydrogen) atoms. The lowest BCUT2D eigenvalue weighted by molar-refractivity contribution is -0.138. The van der Waals surface area contributed by atoms with Gasteiger partial charge in [0.2, 0.25) is 5.91 Å². The average Bonchev–Trinajstić information content (AvgIpc) is 3.25. The normalized spacial score (nSPS) is 11.5. The zero-order valence-corrected chi connectivity index (χ0v) is 19.1. The second-order valence-electron chi connectivity index (χ2n) is 7.97. The highest BCUT2D eigenvalue weighted by Gasteiger charge is 2.30. The Morgan fingerprint density at radius 2 is 1.76 bits per heavy atom. The van der Waals surface area contributed by atoms with E-state index in [2.05, 4.69) is 0 Å². The minimum atomic E-state index is -4.39. The predicted octanol–water partition coefficient (Wildman–Crippen LogP) is 5.14. The lowest BCUT2D eigenvalue weighted by atomic mass is 10.1. The molecule has 0 radical (unpaired) electrons. The van der Waals surface area contributed by atoms with Crippen LogP contribution in [0.1, 0.15) is 28.8 Å². The SMILES string of the molecule is COCCCN(Cc1cccn1Cc1cccc(C(F)(F)F)c1)C(=O)COCc1ccccc1. The molecule has 0 saturated carbocycles. The van der Waals surface area contributed by atoms with Gasteiger partial charge in [0, 0.05) is 38.7 Å². The summed E-state index contributed by atoms with van der Waals surface area (Å²) in [7, 11) is 1.61. The number of alkyl halides is 3. The molecule has 3 rings (SSSR count). The van der Waals surface area contributed by atoms with Crippen molar-refractivity contribution in [1.29, 1.82) is 0 Å². The zero-order chi connectivity index (χ0) is 24.4. The number of halogens is 3. The lowest BCUT2D eigenvalue weighted by Crippen LogP contribution is -2.35. The number of benzene rings is 2. The Hall–Kier alpha value is -3.10. The van der Waals surface area contributed by atoms with Crippen molar-refractivity contribution in [3.8, 4) is 0 Å². The van der Waals surface area contributed by atoms with Gasteiger partial charge in [-0.05, 0) is 41.8 Å². The van der Waals surface area contributed by atoms with Crippen LogP contribution in [-0.2, 0) is 40.1 Å². The summed E-state index contributed by atoms with van der Waals surface area (Å²) in [4.78, 5) is 14.6. The third-order valence-corrected chi connectivity index (χ3v) is 5.35.